The van der Waals surface area contributed by atoms with E-state index in [2.05, 4.69) is 0 Å². The number of amides is 1. The van der Waals surface area contributed by atoms with Gasteiger partial charge in [0.2, 0.25) is 0 Å². The van der Waals surface area contributed by atoms with Gasteiger partial charge in [-0.3, -0.25) is 4.79 Å². The van der Waals surface area contributed by atoms with E-state index < -0.39 is 24.4 Å². The van der Waals surface area contributed by atoms with E-state index in [1.807, 2.05) is 0 Å². The van der Waals surface area contributed by atoms with E-state index in [0.29, 0.717) is 11.5 Å². The average molecular weight is 293 g/mol. The zero-order valence-corrected chi connectivity index (χ0v) is 10.1. The number of para-hydroxylation sites is 2. The highest BCUT2D eigenvalue weighted by Crippen LogP contribution is 2.30. The number of carbonyl (C=O) groups is 1. The van der Waals surface area contributed by atoms with Crippen molar-refractivity contribution in [3.8, 4) is 11.5 Å². The maximum atomic E-state index is 12.7. The molecule has 0 fully saturated rings. The third-order valence-corrected chi connectivity index (χ3v) is 2.63. The number of rotatable bonds is 4. The summed E-state index contributed by atoms with van der Waals surface area (Å²) in [5, 5.41) is 1.73. The molecule has 2 rings (SSSR count). The van der Waals surface area contributed by atoms with Crippen LogP contribution in [0.5, 0.6) is 11.5 Å². The second-order valence-corrected chi connectivity index (χ2v) is 4.13. The Morgan fingerprint density at radius 2 is 2.00 bits per heavy atom. The Kier molecular flexibility index (Phi) is 4.01. The van der Waals surface area contributed by atoms with Crippen LogP contribution in [0.15, 0.2) is 24.3 Å². The minimum atomic E-state index is -4.71. The van der Waals surface area contributed by atoms with Crippen LogP contribution in [-0.2, 0) is 4.79 Å². The van der Waals surface area contributed by atoms with E-state index in [0.717, 1.165) is 0 Å². The highest BCUT2D eigenvalue weighted by Gasteiger charge is 2.48. The first-order valence-electron chi connectivity index (χ1n) is 5.74. The van der Waals surface area contributed by atoms with Crippen LogP contribution in [0.2, 0.25) is 0 Å². The van der Waals surface area contributed by atoms with E-state index in [1.54, 1.807) is 29.6 Å². The number of nitrogens with one attached hydrogen (secondary N) is 1. The van der Waals surface area contributed by atoms with Gasteiger partial charge < -0.3 is 14.8 Å². The Bertz CT molecular complexity index is 495. The standard InChI is InChI=1S/C12H11F4NO3/c13-10(14)12(15,16)11(18)17-5-7-6-19-8-3-1-2-4-9(8)20-7/h1-4,7,10H,5-6H2,(H,17,18). The van der Waals surface area contributed by atoms with Crippen molar-refractivity contribution in [2.45, 2.75) is 18.5 Å². The highest BCUT2D eigenvalue weighted by molar-refractivity contribution is 5.83. The van der Waals surface area contributed by atoms with Gasteiger partial charge in [-0.1, -0.05) is 12.1 Å². The number of hydrogen-bond donors (Lipinski definition) is 1. The van der Waals surface area contributed by atoms with Crippen molar-refractivity contribution in [1.29, 1.82) is 0 Å². The Morgan fingerprint density at radius 3 is 2.65 bits per heavy atom. The molecule has 1 heterocycles. The van der Waals surface area contributed by atoms with Gasteiger partial charge in [0.1, 0.15) is 12.7 Å². The summed E-state index contributed by atoms with van der Waals surface area (Å²) in [6, 6.07) is 6.69. The maximum Gasteiger partial charge on any atom is 0.383 e. The molecule has 1 aromatic rings. The number of hydrogen-bond acceptors (Lipinski definition) is 3. The molecule has 0 aliphatic carbocycles. The van der Waals surface area contributed by atoms with Crippen LogP contribution in [0.25, 0.3) is 0 Å². The quantitative estimate of drug-likeness (QED) is 0.862. The first-order valence-corrected chi connectivity index (χ1v) is 5.74. The van der Waals surface area contributed by atoms with Crippen molar-refractivity contribution in [3.05, 3.63) is 24.3 Å². The predicted octanol–water partition coefficient (Wildman–Crippen LogP) is 1.84. The van der Waals surface area contributed by atoms with Crippen LogP contribution in [0.4, 0.5) is 17.6 Å². The Hall–Kier alpha value is -1.99. The molecule has 1 unspecified atom stereocenters. The zero-order valence-electron chi connectivity index (χ0n) is 10.1. The van der Waals surface area contributed by atoms with Crippen molar-refractivity contribution in [3.63, 3.8) is 0 Å². The normalized spacial score (nSPS) is 17.9. The molecule has 1 aromatic carbocycles. The maximum absolute atomic E-state index is 12.7. The summed E-state index contributed by atoms with van der Waals surface area (Å²) in [5.41, 5.74) is 0. The number of ether oxygens (including phenoxy) is 2. The topological polar surface area (TPSA) is 47.6 Å². The van der Waals surface area contributed by atoms with E-state index >= 15 is 0 Å². The summed E-state index contributed by atoms with van der Waals surface area (Å²) in [6.07, 6.45) is -4.77. The van der Waals surface area contributed by atoms with Gasteiger partial charge in [0, 0.05) is 0 Å². The molecule has 1 amide bonds. The lowest BCUT2D eigenvalue weighted by Crippen LogP contribution is -2.49. The van der Waals surface area contributed by atoms with E-state index in [-0.39, 0.29) is 13.2 Å². The average Bonchev–Trinajstić information content (AvgIpc) is 2.44. The van der Waals surface area contributed by atoms with Gasteiger partial charge in [-0.15, -0.1) is 0 Å². The lowest BCUT2D eigenvalue weighted by atomic mass is 10.2. The van der Waals surface area contributed by atoms with Gasteiger partial charge in [-0.2, -0.15) is 8.78 Å². The van der Waals surface area contributed by atoms with Crippen LogP contribution in [0, 0.1) is 0 Å². The fraction of sp³-hybridized carbons (Fsp3) is 0.417. The highest BCUT2D eigenvalue weighted by atomic mass is 19.3. The largest absolute Gasteiger partial charge is 0.486 e. The molecule has 0 saturated carbocycles. The summed E-state index contributed by atoms with van der Waals surface area (Å²) in [7, 11) is 0. The van der Waals surface area contributed by atoms with Crippen LogP contribution < -0.4 is 14.8 Å². The Labute approximate surface area is 111 Å². The van der Waals surface area contributed by atoms with Crippen LogP contribution in [-0.4, -0.2) is 37.5 Å². The molecule has 110 valence electrons. The van der Waals surface area contributed by atoms with Gasteiger partial charge in [0.05, 0.1) is 6.54 Å². The van der Waals surface area contributed by atoms with Crippen LogP contribution >= 0.6 is 0 Å². The second kappa shape index (κ2) is 5.56. The van der Waals surface area contributed by atoms with Crippen LogP contribution in [0.3, 0.4) is 0 Å². The number of fused-ring (bicyclic) bond motifs is 1. The van der Waals surface area contributed by atoms with Crippen molar-refractivity contribution >= 4 is 5.91 Å². The van der Waals surface area contributed by atoms with Gasteiger partial charge in [-0.05, 0) is 12.1 Å². The summed E-state index contributed by atoms with van der Waals surface area (Å²) < 4.78 is 60.0. The predicted molar refractivity (Wildman–Crippen MR) is 60.3 cm³/mol. The zero-order chi connectivity index (χ0) is 14.8. The first-order chi connectivity index (χ1) is 9.41. The molecule has 1 aliphatic rings. The number of benzene rings is 1. The summed E-state index contributed by atoms with van der Waals surface area (Å²) in [4.78, 5) is 11.0. The lowest BCUT2D eigenvalue weighted by molar-refractivity contribution is -0.169. The minimum Gasteiger partial charge on any atom is -0.486 e. The molecule has 0 saturated heterocycles. The second-order valence-electron chi connectivity index (χ2n) is 4.13. The molecule has 0 aromatic heterocycles. The molecule has 1 N–H and O–H groups in total. The molecule has 1 atom stereocenters. The summed E-state index contributed by atoms with van der Waals surface area (Å²) in [6.45, 7) is -0.326. The third-order valence-electron chi connectivity index (χ3n) is 2.63. The van der Waals surface area contributed by atoms with Gasteiger partial charge in [-0.25, -0.2) is 8.78 Å². The fourth-order valence-electron chi connectivity index (χ4n) is 1.59. The number of alkyl halides is 4. The summed E-state index contributed by atoms with van der Waals surface area (Å²) >= 11 is 0. The molecular weight excluding hydrogens is 282 g/mol. The van der Waals surface area contributed by atoms with Crippen molar-refractivity contribution in [2.24, 2.45) is 0 Å². The molecule has 0 radical (unpaired) electrons. The van der Waals surface area contributed by atoms with Gasteiger partial charge in [0.25, 0.3) is 5.91 Å². The SMILES string of the molecule is O=C(NCC1COc2ccccc2O1)C(F)(F)C(F)F. The monoisotopic (exact) mass is 293 g/mol. The van der Waals surface area contributed by atoms with Crippen molar-refractivity contribution in [2.75, 3.05) is 13.2 Å². The third kappa shape index (κ3) is 2.94. The number of halogens is 4. The molecule has 8 heteroatoms. The minimum absolute atomic E-state index is 0.0253. The fourth-order valence-corrected chi connectivity index (χ4v) is 1.59. The van der Waals surface area contributed by atoms with Gasteiger partial charge >= 0.3 is 12.3 Å². The van der Waals surface area contributed by atoms with E-state index in [4.69, 9.17) is 9.47 Å². The lowest BCUT2D eigenvalue weighted by Gasteiger charge is -2.27. The summed E-state index contributed by atoms with van der Waals surface area (Å²) in [5.74, 6) is -5.85. The van der Waals surface area contributed by atoms with Crippen LogP contribution in [0.1, 0.15) is 0 Å². The molecule has 0 bridgehead atoms. The molecule has 1 aliphatic heterocycles. The van der Waals surface area contributed by atoms with Crippen molar-refractivity contribution < 1.29 is 31.8 Å². The molecule has 20 heavy (non-hydrogen) atoms. The first kappa shape index (κ1) is 14.4. The molecule has 0 spiro atoms. The smallest absolute Gasteiger partial charge is 0.383 e. The molecule has 4 nitrogen and oxygen atoms in total. The molecular formula is C12H11F4NO3. The van der Waals surface area contributed by atoms with E-state index in [1.165, 1.54) is 0 Å². The Morgan fingerprint density at radius 1 is 1.35 bits per heavy atom. The number of carbonyl (C=O) groups excluding carboxylic acids is 1. The van der Waals surface area contributed by atoms with Gasteiger partial charge in [0.15, 0.2) is 11.5 Å². The van der Waals surface area contributed by atoms with Crippen molar-refractivity contribution in [1.82, 2.24) is 5.32 Å². The van der Waals surface area contributed by atoms with E-state index in [9.17, 15) is 22.4 Å². The Balaban J connectivity index is 1.89.